The number of anilines is 2. The highest BCUT2D eigenvalue weighted by atomic mass is 35.5. The van der Waals surface area contributed by atoms with Gasteiger partial charge in [-0.2, -0.15) is 0 Å². The molecule has 0 saturated carbocycles. The molecule has 5 rings (SSSR count). The number of nitrogens with one attached hydrogen (secondary N) is 1. The highest BCUT2D eigenvalue weighted by molar-refractivity contribution is 6.33. The Morgan fingerprint density at radius 2 is 2.13 bits per heavy atom. The molecule has 2 aliphatic heterocycles. The molecule has 8 nitrogen and oxygen atoms in total. The molecule has 0 unspecified atom stereocenters. The van der Waals surface area contributed by atoms with Crippen molar-refractivity contribution in [3.8, 4) is 11.5 Å². The van der Waals surface area contributed by atoms with Crippen molar-refractivity contribution in [1.29, 1.82) is 0 Å². The molecule has 31 heavy (non-hydrogen) atoms. The van der Waals surface area contributed by atoms with Crippen molar-refractivity contribution in [1.82, 2.24) is 10.2 Å². The maximum absolute atomic E-state index is 13.8. The van der Waals surface area contributed by atoms with Crippen LogP contribution >= 0.6 is 11.6 Å². The molecule has 10 heteroatoms. The number of halogens is 2. The van der Waals surface area contributed by atoms with Crippen molar-refractivity contribution in [3.05, 3.63) is 58.5 Å². The fourth-order valence-electron chi connectivity index (χ4n) is 3.82. The minimum absolute atomic E-state index is 0.0693. The minimum Gasteiger partial charge on any atom is -0.489 e. The van der Waals surface area contributed by atoms with Crippen molar-refractivity contribution in [2.24, 2.45) is 0 Å². The van der Waals surface area contributed by atoms with Crippen LogP contribution in [0.3, 0.4) is 0 Å². The minimum atomic E-state index is -0.374. The van der Waals surface area contributed by atoms with Gasteiger partial charge >= 0.3 is 0 Å². The van der Waals surface area contributed by atoms with Gasteiger partial charge in [-0.1, -0.05) is 11.6 Å². The van der Waals surface area contributed by atoms with E-state index in [9.17, 15) is 9.18 Å². The van der Waals surface area contributed by atoms with Crippen molar-refractivity contribution < 1.29 is 23.1 Å². The molecular weight excluding hydrogens is 427 g/mol. The summed E-state index contributed by atoms with van der Waals surface area (Å²) in [6.45, 7) is 2.41. The maximum Gasteiger partial charge on any atom is 0.262 e. The van der Waals surface area contributed by atoms with E-state index in [-0.39, 0.29) is 24.4 Å². The Hall–Kier alpha value is -3.33. The Kier molecular flexibility index (Phi) is 4.90. The number of hydrogen-bond donors (Lipinski definition) is 1. The number of amides is 1. The van der Waals surface area contributed by atoms with Gasteiger partial charge in [-0.3, -0.25) is 4.79 Å². The first-order chi connectivity index (χ1) is 15.0. The Morgan fingerprint density at radius 3 is 2.94 bits per heavy atom. The maximum atomic E-state index is 13.8. The van der Waals surface area contributed by atoms with Gasteiger partial charge in [0.15, 0.2) is 12.4 Å². The third-order valence-corrected chi connectivity index (χ3v) is 5.44. The van der Waals surface area contributed by atoms with E-state index in [0.29, 0.717) is 53.6 Å². The molecule has 2 aromatic carbocycles. The van der Waals surface area contributed by atoms with Gasteiger partial charge < -0.3 is 24.1 Å². The second-order valence-corrected chi connectivity index (χ2v) is 7.82. The first-order valence-electron chi connectivity index (χ1n) is 9.69. The summed E-state index contributed by atoms with van der Waals surface area (Å²) in [7, 11) is 0. The molecule has 0 radical (unpaired) electrons. The number of aryl methyl sites for hydroxylation is 1. The SMILES string of the molecule is Cc1nnc(C[C@@H]2COc3cc(F)ccc3N2Cc2cc(Cl)c3c(c2)NC(=O)CO3)o1. The molecule has 0 saturated heterocycles. The van der Waals surface area contributed by atoms with Gasteiger partial charge in [0.25, 0.3) is 5.91 Å². The van der Waals surface area contributed by atoms with E-state index in [2.05, 4.69) is 20.4 Å². The number of benzene rings is 2. The second-order valence-electron chi connectivity index (χ2n) is 7.41. The van der Waals surface area contributed by atoms with E-state index < -0.39 is 0 Å². The fraction of sp³-hybridized carbons (Fsp3) is 0.286. The Balaban J connectivity index is 1.49. The van der Waals surface area contributed by atoms with E-state index in [4.69, 9.17) is 25.5 Å². The lowest BCUT2D eigenvalue weighted by atomic mass is 10.1. The molecule has 0 spiro atoms. The van der Waals surface area contributed by atoms with Crippen LogP contribution in [0.25, 0.3) is 0 Å². The third-order valence-electron chi connectivity index (χ3n) is 5.16. The normalized spacial score (nSPS) is 17.3. The zero-order valence-corrected chi connectivity index (χ0v) is 17.3. The predicted molar refractivity (Wildman–Crippen MR) is 110 cm³/mol. The number of fused-ring (bicyclic) bond motifs is 2. The second kappa shape index (κ2) is 7.73. The van der Waals surface area contributed by atoms with Gasteiger partial charge in [-0.05, 0) is 29.8 Å². The molecule has 160 valence electrons. The van der Waals surface area contributed by atoms with Crippen LogP contribution in [-0.2, 0) is 17.8 Å². The topological polar surface area (TPSA) is 89.7 Å². The number of nitrogens with zero attached hydrogens (tertiary/aromatic N) is 3. The van der Waals surface area contributed by atoms with Crippen LogP contribution < -0.4 is 19.7 Å². The van der Waals surface area contributed by atoms with Crippen molar-refractivity contribution in [3.63, 3.8) is 0 Å². The van der Waals surface area contributed by atoms with Gasteiger partial charge in [0, 0.05) is 26.0 Å². The molecule has 1 aromatic heterocycles. The van der Waals surface area contributed by atoms with Crippen LogP contribution in [0, 0.1) is 12.7 Å². The van der Waals surface area contributed by atoms with Crippen molar-refractivity contribution >= 4 is 28.9 Å². The number of hydrogen-bond acceptors (Lipinski definition) is 7. The van der Waals surface area contributed by atoms with Gasteiger partial charge in [-0.25, -0.2) is 4.39 Å². The molecule has 3 heterocycles. The molecule has 1 amide bonds. The molecular formula is C21H18ClFN4O4. The standard InChI is InChI=1S/C21H18ClFN4O4/c1-11-25-26-20(31-11)7-14-9-29-18-6-13(23)2-3-17(18)27(14)8-12-4-15(22)21-16(5-12)24-19(28)10-30-21/h2-6,14H,7-10H2,1H3,(H,24,28)/t14-/m1/s1. The summed E-state index contributed by atoms with van der Waals surface area (Å²) in [5.74, 6) is 1.27. The van der Waals surface area contributed by atoms with Gasteiger partial charge in [0.2, 0.25) is 11.8 Å². The lowest BCUT2D eigenvalue weighted by Gasteiger charge is -2.38. The molecule has 0 aliphatic carbocycles. The average molecular weight is 445 g/mol. The number of carbonyl (C=O) groups excluding carboxylic acids is 1. The van der Waals surface area contributed by atoms with E-state index >= 15 is 0 Å². The van der Waals surface area contributed by atoms with Crippen molar-refractivity contribution in [2.75, 3.05) is 23.4 Å². The van der Waals surface area contributed by atoms with Gasteiger partial charge in [0.05, 0.1) is 22.4 Å². The zero-order chi connectivity index (χ0) is 21.5. The molecule has 2 aliphatic rings. The zero-order valence-electron chi connectivity index (χ0n) is 16.5. The van der Waals surface area contributed by atoms with Gasteiger partial charge in [0.1, 0.15) is 18.2 Å². The lowest BCUT2D eigenvalue weighted by molar-refractivity contribution is -0.118. The first-order valence-corrected chi connectivity index (χ1v) is 10.1. The van der Waals surface area contributed by atoms with E-state index in [1.165, 1.54) is 12.1 Å². The molecule has 1 N–H and O–H groups in total. The summed E-state index contributed by atoms with van der Waals surface area (Å²) in [4.78, 5) is 13.8. The lowest BCUT2D eigenvalue weighted by Crippen LogP contribution is -2.44. The summed E-state index contributed by atoms with van der Waals surface area (Å²) in [5, 5.41) is 11.2. The van der Waals surface area contributed by atoms with Crippen LogP contribution in [-0.4, -0.2) is 35.4 Å². The Labute approximate surface area is 181 Å². The summed E-state index contributed by atoms with van der Waals surface area (Å²) in [6.07, 6.45) is 0.455. The largest absolute Gasteiger partial charge is 0.489 e. The monoisotopic (exact) mass is 444 g/mol. The predicted octanol–water partition coefficient (Wildman–Crippen LogP) is 3.51. The average Bonchev–Trinajstić information content (AvgIpc) is 3.14. The smallest absolute Gasteiger partial charge is 0.262 e. The Morgan fingerprint density at radius 1 is 1.26 bits per heavy atom. The van der Waals surface area contributed by atoms with Crippen LogP contribution in [0.5, 0.6) is 11.5 Å². The summed E-state index contributed by atoms with van der Waals surface area (Å²) < 4.78 is 30.6. The quantitative estimate of drug-likeness (QED) is 0.658. The molecule has 0 fully saturated rings. The van der Waals surface area contributed by atoms with E-state index in [1.54, 1.807) is 19.1 Å². The number of aromatic nitrogens is 2. The van der Waals surface area contributed by atoms with E-state index in [0.717, 1.165) is 11.3 Å². The molecule has 0 bridgehead atoms. The van der Waals surface area contributed by atoms with Crippen molar-refractivity contribution in [2.45, 2.75) is 25.9 Å². The van der Waals surface area contributed by atoms with Crippen LogP contribution in [0.2, 0.25) is 5.02 Å². The Bertz CT molecular complexity index is 1170. The highest BCUT2D eigenvalue weighted by Crippen LogP contribution is 2.40. The van der Waals surface area contributed by atoms with Crippen LogP contribution in [0.4, 0.5) is 15.8 Å². The number of rotatable bonds is 4. The van der Waals surface area contributed by atoms with E-state index in [1.807, 2.05) is 6.07 Å². The summed E-state index contributed by atoms with van der Waals surface area (Å²) in [5.41, 5.74) is 2.11. The number of carbonyl (C=O) groups is 1. The summed E-state index contributed by atoms with van der Waals surface area (Å²) in [6, 6.07) is 7.92. The molecule has 1 atom stereocenters. The fourth-order valence-corrected chi connectivity index (χ4v) is 4.12. The number of ether oxygens (including phenoxy) is 2. The third kappa shape index (κ3) is 3.88. The van der Waals surface area contributed by atoms with Gasteiger partial charge in [-0.15, -0.1) is 10.2 Å². The van der Waals surface area contributed by atoms with Crippen LogP contribution in [0.1, 0.15) is 17.3 Å². The van der Waals surface area contributed by atoms with Crippen LogP contribution in [0.15, 0.2) is 34.7 Å². The first kappa shape index (κ1) is 19.6. The highest BCUT2D eigenvalue weighted by Gasteiger charge is 2.30. The summed E-state index contributed by atoms with van der Waals surface area (Å²) >= 11 is 6.40. The molecule has 3 aromatic rings.